The van der Waals surface area contributed by atoms with Gasteiger partial charge >= 0.3 is 0 Å². The number of hydrogen-bond acceptors (Lipinski definition) is 5. The van der Waals surface area contributed by atoms with Crippen molar-refractivity contribution in [3.8, 4) is 10.4 Å². The number of thiazole rings is 1. The van der Waals surface area contributed by atoms with E-state index in [0.717, 1.165) is 17.0 Å². The molecule has 1 N–H and O–H groups in total. The Labute approximate surface area is 233 Å². The number of carbonyl (C=O) groups excluding carboxylic acids is 1. The highest BCUT2D eigenvalue weighted by atomic mass is 32.2. The summed E-state index contributed by atoms with van der Waals surface area (Å²) in [6.07, 6.45) is 11.0. The molecule has 0 bridgehead atoms. The van der Waals surface area contributed by atoms with Crippen molar-refractivity contribution >= 4 is 27.1 Å². The molecule has 1 aromatic carbocycles. The van der Waals surface area contributed by atoms with Gasteiger partial charge in [-0.15, -0.1) is 11.3 Å². The number of aromatic nitrogens is 1. The van der Waals surface area contributed by atoms with Crippen LogP contribution in [0.2, 0.25) is 0 Å². The molecule has 1 amide bonds. The van der Waals surface area contributed by atoms with E-state index in [0.29, 0.717) is 30.3 Å². The van der Waals surface area contributed by atoms with Gasteiger partial charge in [0.15, 0.2) is 5.01 Å². The fourth-order valence-corrected chi connectivity index (χ4v) is 8.53. The molecule has 208 valence electrons. The summed E-state index contributed by atoms with van der Waals surface area (Å²) in [7, 11) is -2.90. The zero-order chi connectivity index (χ0) is 27.1. The van der Waals surface area contributed by atoms with Gasteiger partial charge in [-0.3, -0.25) is 4.79 Å². The van der Waals surface area contributed by atoms with Crippen LogP contribution in [0.5, 0.6) is 0 Å². The molecule has 2 heterocycles. The first-order valence-electron chi connectivity index (χ1n) is 14.6. The van der Waals surface area contributed by atoms with E-state index in [-0.39, 0.29) is 34.2 Å². The van der Waals surface area contributed by atoms with Crippen LogP contribution in [0.4, 0.5) is 0 Å². The monoisotopic (exact) mass is 556 g/mol. The predicted molar refractivity (Wildman–Crippen MR) is 157 cm³/mol. The van der Waals surface area contributed by atoms with Crippen molar-refractivity contribution in [3.63, 3.8) is 0 Å². The zero-order valence-corrected chi connectivity index (χ0v) is 25.2. The summed E-state index contributed by atoms with van der Waals surface area (Å²) in [4.78, 5) is 19.4. The van der Waals surface area contributed by atoms with Crippen LogP contribution in [0.1, 0.15) is 112 Å². The van der Waals surface area contributed by atoms with E-state index in [1.54, 1.807) is 0 Å². The first-order valence-corrected chi connectivity index (χ1v) is 17.2. The van der Waals surface area contributed by atoms with Crippen LogP contribution in [-0.4, -0.2) is 37.4 Å². The molecule has 0 unspecified atom stereocenters. The van der Waals surface area contributed by atoms with E-state index >= 15 is 0 Å². The Kier molecular flexibility index (Phi) is 7.82. The van der Waals surface area contributed by atoms with Gasteiger partial charge < -0.3 is 5.32 Å². The smallest absolute Gasteiger partial charge is 0.280 e. The number of amides is 1. The number of sulfone groups is 1. The summed E-state index contributed by atoms with van der Waals surface area (Å²) in [6, 6.07) is 7.10. The molecule has 7 heteroatoms. The average molecular weight is 557 g/mol. The number of carbonyl (C=O) groups is 1. The lowest BCUT2D eigenvalue weighted by molar-refractivity contribution is 0.0945. The molecule has 2 saturated carbocycles. The van der Waals surface area contributed by atoms with E-state index in [9.17, 15) is 13.2 Å². The number of nitrogens with zero attached hydrogens (tertiary/aromatic N) is 1. The molecule has 3 fully saturated rings. The number of nitrogens with one attached hydrogen (secondary N) is 1. The van der Waals surface area contributed by atoms with E-state index in [1.807, 2.05) is 0 Å². The van der Waals surface area contributed by atoms with Gasteiger partial charge in [0.25, 0.3) is 5.91 Å². The Balaban J connectivity index is 1.44. The third-order valence-electron chi connectivity index (χ3n) is 9.08. The maximum atomic E-state index is 13.3. The standard InChI is InChI=1S/C31H44N2O3S2/c1-30(2,3)24-17-23(18-25(19-24)31(4)12-13-31)27-26(16-21-8-6-5-7-9-21)33-29(37-27)28(34)32-20-22-10-14-38(35,36)15-11-22/h17-19,21-22H,5-16,20H2,1-4H3,(H,32,34). The maximum Gasteiger partial charge on any atom is 0.280 e. The molecule has 0 spiro atoms. The summed E-state index contributed by atoms with van der Waals surface area (Å²) >= 11 is 1.54. The fraction of sp³-hybridized carbons (Fsp3) is 0.677. The lowest BCUT2D eigenvalue weighted by atomic mass is 9.82. The Hall–Kier alpha value is -1.73. The third kappa shape index (κ3) is 6.52. The van der Waals surface area contributed by atoms with Crippen molar-refractivity contribution in [3.05, 3.63) is 40.0 Å². The second kappa shape index (κ2) is 10.7. The largest absolute Gasteiger partial charge is 0.350 e. The lowest BCUT2D eigenvalue weighted by Gasteiger charge is -2.24. The zero-order valence-electron chi connectivity index (χ0n) is 23.6. The van der Waals surface area contributed by atoms with Gasteiger partial charge in [0.05, 0.1) is 22.1 Å². The van der Waals surface area contributed by atoms with Crippen LogP contribution in [0.15, 0.2) is 18.2 Å². The second-order valence-corrected chi connectivity index (χ2v) is 16.7. The SMILES string of the molecule is CC(C)(C)c1cc(-c2sc(C(=O)NCC3CCS(=O)(=O)CC3)nc2CC2CCCCC2)cc(C2(C)CC2)c1. The van der Waals surface area contributed by atoms with Gasteiger partial charge in [-0.1, -0.05) is 65.9 Å². The van der Waals surface area contributed by atoms with Gasteiger partial charge in [0, 0.05) is 6.54 Å². The molecule has 1 aliphatic heterocycles. The lowest BCUT2D eigenvalue weighted by Crippen LogP contribution is -2.34. The van der Waals surface area contributed by atoms with Crippen molar-refractivity contribution in [2.45, 2.75) is 103 Å². The quantitative estimate of drug-likeness (QED) is 0.405. The third-order valence-corrected chi connectivity index (χ3v) is 11.9. The van der Waals surface area contributed by atoms with Crippen molar-refractivity contribution < 1.29 is 13.2 Å². The van der Waals surface area contributed by atoms with Crippen molar-refractivity contribution in [1.29, 1.82) is 0 Å². The minimum Gasteiger partial charge on any atom is -0.350 e. The van der Waals surface area contributed by atoms with Crippen LogP contribution in [0, 0.1) is 11.8 Å². The summed E-state index contributed by atoms with van der Waals surface area (Å²) in [5, 5.41) is 3.62. The van der Waals surface area contributed by atoms with E-state index < -0.39 is 9.84 Å². The van der Waals surface area contributed by atoms with Crippen LogP contribution in [0.3, 0.4) is 0 Å². The predicted octanol–water partition coefficient (Wildman–Crippen LogP) is 6.84. The molecule has 0 atom stereocenters. The van der Waals surface area contributed by atoms with Gasteiger partial charge in [0.1, 0.15) is 9.84 Å². The maximum absolute atomic E-state index is 13.3. The van der Waals surface area contributed by atoms with Crippen molar-refractivity contribution in [2.75, 3.05) is 18.1 Å². The van der Waals surface area contributed by atoms with Gasteiger partial charge in [-0.2, -0.15) is 0 Å². The normalized spacial score (nSPS) is 21.8. The van der Waals surface area contributed by atoms with Gasteiger partial charge in [-0.25, -0.2) is 13.4 Å². The Morgan fingerprint density at radius 2 is 1.71 bits per heavy atom. The van der Waals surface area contributed by atoms with Gasteiger partial charge in [-0.05, 0) is 83.6 Å². The molecule has 2 aliphatic carbocycles. The van der Waals surface area contributed by atoms with Crippen molar-refractivity contribution in [2.24, 2.45) is 11.8 Å². The highest BCUT2D eigenvalue weighted by Gasteiger charge is 2.40. The van der Waals surface area contributed by atoms with E-state index in [1.165, 1.54) is 73.0 Å². The molecule has 0 radical (unpaired) electrons. The summed E-state index contributed by atoms with van der Waals surface area (Å²) < 4.78 is 23.5. The molecule has 5 rings (SSSR count). The molecular formula is C31H44N2O3S2. The highest BCUT2D eigenvalue weighted by molar-refractivity contribution is 7.91. The average Bonchev–Trinajstić information content (AvgIpc) is 3.49. The van der Waals surface area contributed by atoms with Crippen LogP contribution < -0.4 is 5.32 Å². The van der Waals surface area contributed by atoms with E-state index in [2.05, 4.69) is 51.2 Å². The van der Waals surface area contributed by atoms with Crippen LogP contribution in [0.25, 0.3) is 10.4 Å². The molecule has 2 aromatic rings. The topological polar surface area (TPSA) is 76.1 Å². The molecular weight excluding hydrogens is 512 g/mol. The summed E-state index contributed by atoms with van der Waals surface area (Å²) in [6.45, 7) is 9.70. The van der Waals surface area contributed by atoms with E-state index in [4.69, 9.17) is 4.98 Å². The minimum absolute atomic E-state index is 0.0396. The van der Waals surface area contributed by atoms with Crippen LogP contribution >= 0.6 is 11.3 Å². The number of hydrogen-bond donors (Lipinski definition) is 1. The molecule has 5 nitrogen and oxygen atoms in total. The van der Waals surface area contributed by atoms with Gasteiger partial charge in [0.2, 0.25) is 0 Å². The molecule has 1 saturated heterocycles. The number of rotatable bonds is 7. The first kappa shape index (κ1) is 27.8. The molecule has 3 aliphatic rings. The minimum atomic E-state index is -2.90. The Morgan fingerprint density at radius 3 is 2.34 bits per heavy atom. The fourth-order valence-electron chi connectivity index (χ4n) is 5.95. The Bertz CT molecular complexity index is 1240. The summed E-state index contributed by atoms with van der Waals surface area (Å²) in [5.74, 6) is 1.18. The van der Waals surface area contributed by atoms with Crippen molar-refractivity contribution in [1.82, 2.24) is 10.3 Å². The highest BCUT2D eigenvalue weighted by Crippen LogP contribution is 2.50. The summed E-state index contributed by atoms with van der Waals surface area (Å²) in [5.41, 5.74) is 5.34. The first-order chi connectivity index (χ1) is 17.9. The molecule has 38 heavy (non-hydrogen) atoms. The number of benzene rings is 1. The van der Waals surface area contributed by atoms with Crippen LogP contribution in [-0.2, 0) is 27.1 Å². The second-order valence-electron chi connectivity index (χ2n) is 13.4. The Morgan fingerprint density at radius 1 is 1.03 bits per heavy atom. The molecule has 1 aromatic heterocycles.